The molecule has 0 saturated carbocycles. The maximum absolute atomic E-state index is 12.8. The number of rotatable bonds is 9. The predicted octanol–water partition coefficient (Wildman–Crippen LogP) is 4.26. The van der Waals surface area contributed by atoms with Crippen LogP contribution in [0.2, 0.25) is 0 Å². The second kappa shape index (κ2) is 10.4. The number of ether oxygens (including phenoxy) is 1. The Labute approximate surface area is 192 Å². The summed E-state index contributed by atoms with van der Waals surface area (Å²) in [6, 6.07) is 12.7. The minimum absolute atomic E-state index is 0.0472. The number of nitrogens with zero attached hydrogens (tertiary/aromatic N) is 2. The van der Waals surface area contributed by atoms with Crippen molar-refractivity contribution >= 4 is 28.3 Å². The molecule has 33 heavy (non-hydrogen) atoms. The van der Waals surface area contributed by atoms with E-state index in [0.29, 0.717) is 23.0 Å². The molecule has 7 heteroatoms. The number of fused-ring (bicyclic) bond motifs is 2. The van der Waals surface area contributed by atoms with E-state index in [1.165, 1.54) is 15.8 Å². The highest BCUT2D eigenvalue weighted by Crippen LogP contribution is 2.24. The molecule has 0 bridgehead atoms. The summed E-state index contributed by atoms with van der Waals surface area (Å²) in [5.41, 5.74) is 3.09. The molecular weight excluding hydrogens is 418 g/mol. The molecule has 0 unspecified atom stereocenters. The first-order valence-electron chi connectivity index (χ1n) is 11.7. The summed E-state index contributed by atoms with van der Waals surface area (Å²) in [6.07, 6.45) is 7.18. The second-order valence-corrected chi connectivity index (χ2v) is 8.44. The van der Waals surface area contributed by atoms with Gasteiger partial charge in [-0.2, -0.15) is 5.10 Å². The smallest absolute Gasteiger partial charge is 0.359 e. The van der Waals surface area contributed by atoms with E-state index in [-0.39, 0.29) is 11.3 Å². The van der Waals surface area contributed by atoms with Gasteiger partial charge in [-0.1, -0.05) is 50.5 Å². The van der Waals surface area contributed by atoms with Crippen molar-refractivity contribution in [3.05, 3.63) is 69.6 Å². The van der Waals surface area contributed by atoms with Crippen LogP contribution in [0.4, 0.5) is 5.69 Å². The largest absolute Gasteiger partial charge is 0.451 e. The number of amides is 1. The number of esters is 1. The molecule has 1 heterocycles. The molecule has 0 spiro atoms. The highest BCUT2D eigenvalue weighted by atomic mass is 16.5. The van der Waals surface area contributed by atoms with Gasteiger partial charge in [0, 0.05) is 17.6 Å². The third kappa shape index (κ3) is 5.30. The number of carbonyl (C=O) groups excluding carboxylic acids is 2. The molecule has 172 valence electrons. The zero-order valence-corrected chi connectivity index (χ0v) is 18.9. The van der Waals surface area contributed by atoms with E-state index in [1.54, 1.807) is 24.3 Å². The first-order chi connectivity index (χ1) is 16.1. The molecule has 0 atom stereocenters. The van der Waals surface area contributed by atoms with Crippen molar-refractivity contribution in [2.75, 3.05) is 11.9 Å². The topological polar surface area (TPSA) is 90.3 Å². The normalized spacial score (nSPS) is 12.5. The van der Waals surface area contributed by atoms with Gasteiger partial charge in [-0.25, -0.2) is 9.48 Å². The molecule has 0 aliphatic heterocycles. The summed E-state index contributed by atoms with van der Waals surface area (Å²) in [5, 5.41) is 7.92. The van der Waals surface area contributed by atoms with E-state index < -0.39 is 18.5 Å². The van der Waals surface area contributed by atoms with Crippen molar-refractivity contribution in [2.45, 2.75) is 58.4 Å². The fourth-order valence-electron chi connectivity index (χ4n) is 4.27. The standard InChI is InChI=1S/C26H29N3O4/c1-2-3-4-7-15-29-25(31)22-12-6-5-11-21(22)24(28-29)26(32)33-17-23(30)27-20-14-13-18-9-8-10-19(18)16-20/h5-6,11-14,16H,2-4,7-10,15,17H2,1H3,(H,27,30). The average molecular weight is 448 g/mol. The van der Waals surface area contributed by atoms with Crippen molar-refractivity contribution in [1.82, 2.24) is 9.78 Å². The van der Waals surface area contributed by atoms with Crippen LogP contribution in [0.5, 0.6) is 0 Å². The van der Waals surface area contributed by atoms with Gasteiger partial charge >= 0.3 is 5.97 Å². The third-order valence-electron chi connectivity index (χ3n) is 6.00. The maximum Gasteiger partial charge on any atom is 0.359 e. The first-order valence-corrected chi connectivity index (χ1v) is 11.7. The van der Waals surface area contributed by atoms with Crippen LogP contribution in [0.3, 0.4) is 0 Å². The number of benzene rings is 2. The quantitative estimate of drug-likeness (QED) is 0.391. The molecular formula is C26H29N3O4. The molecule has 0 saturated heterocycles. The maximum atomic E-state index is 12.8. The van der Waals surface area contributed by atoms with Crippen LogP contribution in [-0.2, 0) is 28.9 Å². The van der Waals surface area contributed by atoms with E-state index in [9.17, 15) is 14.4 Å². The third-order valence-corrected chi connectivity index (χ3v) is 6.00. The number of nitrogens with one attached hydrogen (secondary N) is 1. The number of aryl methyl sites for hydroxylation is 3. The lowest BCUT2D eigenvalue weighted by atomic mass is 10.1. The molecule has 1 aliphatic rings. The van der Waals surface area contributed by atoms with Crippen LogP contribution in [0.15, 0.2) is 47.3 Å². The summed E-state index contributed by atoms with van der Waals surface area (Å²) >= 11 is 0. The molecule has 4 rings (SSSR count). The molecule has 1 aromatic heterocycles. The minimum Gasteiger partial charge on any atom is -0.451 e. The molecule has 0 radical (unpaired) electrons. The van der Waals surface area contributed by atoms with Gasteiger partial charge in [-0.15, -0.1) is 0 Å². The average Bonchev–Trinajstić information content (AvgIpc) is 3.29. The highest BCUT2D eigenvalue weighted by Gasteiger charge is 2.19. The van der Waals surface area contributed by atoms with Crippen molar-refractivity contribution in [2.24, 2.45) is 0 Å². The lowest BCUT2D eigenvalue weighted by Gasteiger charge is -2.11. The van der Waals surface area contributed by atoms with Crippen molar-refractivity contribution in [3.8, 4) is 0 Å². The van der Waals surface area contributed by atoms with E-state index in [0.717, 1.165) is 44.9 Å². The number of hydrogen-bond acceptors (Lipinski definition) is 5. The molecule has 1 amide bonds. The number of anilines is 1. The summed E-state index contributed by atoms with van der Waals surface area (Å²) in [6.45, 7) is 2.12. The Morgan fingerprint density at radius 1 is 1.03 bits per heavy atom. The van der Waals surface area contributed by atoms with Crippen LogP contribution in [0.1, 0.15) is 60.6 Å². The summed E-state index contributed by atoms with van der Waals surface area (Å²) in [7, 11) is 0. The fourth-order valence-corrected chi connectivity index (χ4v) is 4.27. The van der Waals surface area contributed by atoms with Gasteiger partial charge in [0.15, 0.2) is 12.3 Å². The zero-order chi connectivity index (χ0) is 23.2. The van der Waals surface area contributed by atoms with E-state index in [1.807, 2.05) is 18.2 Å². The first kappa shape index (κ1) is 22.7. The van der Waals surface area contributed by atoms with Crippen molar-refractivity contribution < 1.29 is 14.3 Å². The lowest BCUT2D eigenvalue weighted by Crippen LogP contribution is -2.28. The van der Waals surface area contributed by atoms with Crippen LogP contribution >= 0.6 is 0 Å². The Bertz CT molecular complexity index is 1230. The molecule has 0 fully saturated rings. The monoisotopic (exact) mass is 447 g/mol. The van der Waals surface area contributed by atoms with Gasteiger partial charge in [0.05, 0.1) is 5.39 Å². The van der Waals surface area contributed by atoms with E-state index >= 15 is 0 Å². The van der Waals surface area contributed by atoms with Gasteiger partial charge in [0.2, 0.25) is 0 Å². The molecule has 1 N–H and O–H groups in total. The van der Waals surface area contributed by atoms with Crippen LogP contribution in [-0.4, -0.2) is 28.3 Å². The molecule has 2 aromatic carbocycles. The molecule has 7 nitrogen and oxygen atoms in total. The lowest BCUT2D eigenvalue weighted by molar-refractivity contribution is -0.119. The summed E-state index contributed by atoms with van der Waals surface area (Å²) in [4.78, 5) is 38.0. The SMILES string of the molecule is CCCCCCn1nc(C(=O)OCC(=O)Nc2ccc3c(c2)CCC3)c2ccccc2c1=O. The van der Waals surface area contributed by atoms with Gasteiger partial charge in [-0.3, -0.25) is 9.59 Å². The Kier molecular flexibility index (Phi) is 7.17. The van der Waals surface area contributed by atoms with Crippen LogP contribution in [0, 0.1) is 0 Å². The van der Waals surface area contributed by atoms with E-state index in [4.69, 9.17) is 4.74 Å². The van der Waals surface area contributed by atoms with Crippen molar-refractivity contribution in [3.63, 3.8) is 0 Å². The van der Waals surface area contributed by atoms with Gasteiger partial charge in [0.25, 0.3) is 11.5 Å². The Hall–Kier alpha value is -3.48. The van der Waals surface area contributed by atoms with Crippen molar-refractivity contribution in [1.29, 1.82) is 0 Å². The highest BCUT2D eigenvalue weighted by molar-refractivity contribution is 6.03. The molecule has 1 aliphatic carbocycles. The number of carbonyl (C=O) groups is 2. The summed E-state index contributed by atoms with van der Waals surface area (Å²) < 4.78 is 6.60. The predicted molar refractivity (Wildman–Crippen MR) is 128 cm³/mol. The number of hydrogen-bond donors (Lipinski definition) is 1. The molecule has 3 aromatic rings. The van der Waals surface area contributed by atoms with Crippen LogP contribution in [0.25, 0.3) is 10.8 Å². The number of aromatic nitrogens is 2. The van der Waals surface area contributed by atoms with E-state index in [2.05, 4.69) is 17.3 Å². The number of unbranched alkanes of at least 4 members (excludes halogenated alkanes) is 3. The van der Waals surface area contributed by atoms with Crippen LogP contribution < -0.4 is 10.9 Å². The Morgan fingerprint density at radius 3 is 2.64 bits per heavy atom. The van der Waals surface area contributed by atoms with Gasteiger partial charge in [-0.05, 0) is 55.0 Å². The minimum atomic E-state index is -0.724. The second-order valence-electron chi connectivity index (χ2n) is 8.44. The Balaban J connectivity index is 1.46. The summed E-state index contributed by atoms with van der Waals surface area (Å²) in [5.74, 6) is -1.14. The fraction of sp³-hybridized carbons (Fsp3) is 0.385. The van der Waals surface area contributed by atoms with Gasteiger partial charge < -0.3 is 10.1 Å². The Morgan fingerprint density at radius 2 is 1.82 bits per heavy atom. The van der Waals surface area contributed by atoms with Gasteiger partial charge in [0.1, 0.15) is 0 Å². The zero-order valence-electron chi connectivity index (χ0n) is 18.9.